The highest BCUT2D eigenvalue weighted by Crippen LogP contribution is 2.39. The molecule has 0 aromatic heterocycles. The van der Waals surface area contributed by atoms with E-state index < -0.39 is 0 Å². The summed E-state index contributed by atoms with van der Waals surface area (Å²) in [5.41, 5.74) is 2.06. The molecular weight excluding hydrogens is 615 g/mol. The minimum absolute atomic E-state index is 0.195. The Bertz CT molecular complexity index is 1330. The fourth-order valence-electron chi connectivity index (χ4n) is 3.38. The number of carbonyl (C=O) groups excluding carboxylic acids is 3. The first-order valence-electron chi connectivity index (χ1n) is 10.7. The van der Waals surface area contributed by atoms with Gasteiger partial charge in [0.15, 0.2) is 18.1 Å². The minimum atomic E-state index is -0.378. The molecule has 7 nitrogen and oxygen atoms in total. The number of thioether (sulfide) groups is 1. The van der Waals surface area contributed by atoms with Gasteiger partial charge in [0.1, 0.15) is 0 Å². The third-order valence-electron chi connectivity index (χ3n) is 5.08. The first kappa shape index (κ1) is 26.1. The van der Waals surface area contributed by atoms with E-state index in [2.05, 4.69) is 27.9 Å². The molecule has 1 N–H and O–H groups in total. The van der Waals surface area contributed by atoms with Gasteiger partial charge in [-0.05, 0) is 88.0 Å². The number of imide groups is 1. The van der Waals surface area contributed by atoms with Gasteiger partial charge in [-0.15, -0.1) is 0 Å². The molecule has 0 spiro atoms. The summed E-state index contributed by atoms with van der Waals surface area (Å²) in [4.78, 5) is 39.1. The summed E-state index contributed by atoms with van der Waals surface area (Å²) in [6.07, 6.45) is 1.58. The van der Waals surface area contributed by atoms with Crippen LogP contribution in [0.2, 0.25) is 5.02 Å². The zero-order valence-electron chi connectivity index (χ0n) is 19.0. The fourth-order valence-corrected chi connectivity index (χ4v) is 4.85. The molecule has 3 amide bonds. The second kappa shape index (κ2) is 11.8. The van der Waals surface area contributed by atoms with Crippen LogP contribution in [0.15, 0.2) is 71.6 Å². The van der Waals surface area contributed by atoms with Crippen molar-refractivity contribution in [1.29, 1.82) is 0 Å². The maximum atomic E-state index is 12.9. The van der Waals surface area contributed by atoms with E-state index in [1.54, 1.807) is 30.3 Å². The molecule has 3 aromatic carbocycles. The van der Waals surface area contributed by atoms with Gasteiger partial charge in [-0.3, -0.25) is 19.3 Å². The number of rotatable bonds is 8. The summed E-state index contributed by atoms with van der Waals surface area (Å²) < 4.78 is 12.1. The molecule has 1 aliphatic heterocycles. The molecule has 0 aliphatic carbocycles. The number of anilines is 1. The van der Waals surface area contributed by atoms with Crippen molar-refractivity contribution in [3.8, 4) is 11.5 Å². The van der Waals surface area contributed by atoms with Gasteiger partial charge in [-0.1, -0.05) is 41.9 Å². The number of hydrogen-bond acceptors (Lipinski definition) is 6. The molecule has 36 heavy (non-hydrogen) atoms. The van der Waals surface area contributed by atoms with E-state index in [4.69, 9.17) is 21.1 Å². The van der Waals surface area contributed by atoms with Gasteiger partial charge in [-0.25, -0.2) is 0 Å². The Morgan fingerprint density at radius 1 is 1.11 bits per heavy atom. The van der Waals surface area contributed by atoms with Crippen LogP contribution in [0.3, 0.4) is 0 Å². The number of amides is 3. The summed E-state index contributed by atoms with van der Waals surface area (Å²) in [5, 5.41) is 2.59. The molecule has 0 unspecified atom stereocenters. The predicted octanol–water partition coefficient (Wildman–Crippen LogP) is 6.21. The normalized spacial score (nSPS) is 14.3. The summed E-state index contributed by atoms with van der Waals surface area (Å²) >= 11 is 9.48. The number of nitrogens with zero attached hydrogens (tertiary/aromatic N) is 1. The van der Waals surface area contributed by atoms with Crippen LogP contribution in [0.25, 0.3) is 6.08 Å². The summed E-state index contributed by atoms with van der Waals surface area (Å²) in [6.45, 7) is -0.0808. The molecule has 0 saturated carbocycles. The van der Waals surface area contributed by atoms with Gasteiger partial charge in [0.05, 0.1) is 23.6 Å². The predicted molar refractivity (Wildman–Crippen MR) is 149 cm³/mol. The minimum Gasteiger partial charge on any atom is -0.493 e. The van der Waals surface area contributed by atoms with Crippen LogP contribution in [0.4, 0.5) is 10.5 Å². The quantitative estimate of drug-likeness (QED) is 0.235. The van der Waals surface area contributed by atoms with Gasteiger partial charge >= 0.3 is 0 Å². The maximum absolute atomic E-state index is 12.9. The Labute approximate surface area is 230 Å². The van der Waals surface area contributed by atoms with Gasteiger partial charge in [-0.2, -0.15) is 0 Å². The third-order valence-corrected chi connectivity index (χ3v) is 6.99. The number of carbonyl (C=O) groups is 3. The Morgan fingerprint density at radius 2 is 1.83 bits per heavy atom. The Morgan fingerprint density at radius 3 is 2.53 bits per heavy atom. The highest BCUT2D eigenvalue weighted by Gasteiger charge is 2.35. The van der Waals surface area contributed by atoms with Crippen LogP contribution in [0.1, 0.15) is 11.1 Å². The molecular formula is C26H20ClIN2O5S. The largest absolute Gasteiger partial charge is 0.493 e. The molecule has 0 radical (unpaired) electrons. The topological polar surface area (TPSA) is 84.9 Å². The van der Waals surface area contributed by atoms with Crippen molar-refractivity contribution in [3.63, 3.8) is 0 Å². The standard InChI is InChI=1S/C26H20ClIN2O5S/c1-34-21-12-17(11-20(27)24(21)35-15-23(31)29-19-5-3-2-4-6-19)13-22-25(32)30(26(33)36-22)14-16-7-9-18(28)10-8-16/h2-13H,14-15H2,1H3,(H,29,31)/b22-13-. The van der Waals surface area contributed by atoms with Crippen LogP contribution >= 0.6 is 46.0 Å². The second-order valence-electron chi connectivity index (χ2n) is 7.63. The van der Waals surface area contributed by atoms with Crippen molar-refractivity contribution in [2.24, 2.45) is 0 Å². The highest BCUT2D eigenvalue weighted by atomic mass is 127. The van der Waals surface area contributed by atoms with Crippen molar-refractivity contribution in [2.45, 2.75) is 6.54 Å². The number of para-hydroxylation sites is 1. The van der Waals surface area contributed by atoms with E-state index in [1.807, 2.05) is 42.5 Å². The molecule has 0 atom stereocenters. The Kier molecular flexibility index (Phi) is 8.55. The van der Waals surface area contributed by atoms with E-state index in [-0.39, 0.29) is 45.9 Å². The van der Waals surface area contributed by atoms with Crippen LogP contribution < -0.4 is 14.8 Å². The number of nitrogens with one attached hydrogen (secondary N) is 1. The van der Waals surface area contributed by atoms with Crippen LogP contribution in [-0.4, -0.2) is 35.7 Å². The Balaban J connectivity index is 1.46. The SMILES string of the molecule is COc1cc(/C=C2\SC(=O)N(Cc3ccc(I)cc3)C2=O)cc(Cl)c1OCC(=O)Nc1ccccc1. The first-order valence-corrected chi connectivity index (χ1v) is 13.0. The van der Waals surface area contributed by atoms with Crippen molar-refractivity contribution < 1.29 is 23.9 Å². The number of benzene rings is 3. The van der Waals surface area contributed by atoms with E-state index in [1.165, 1.54) is 12.0 Å². The average molecular weight is 635 g/mol. The van der Waals surface area contributed by atoms with Crippen molar-refractivity contribution >= 4 is 74.8 Å². The Hall–Kier alpha value is -3.02. The lowest BCUT2D eigenvalue weighted by molar-refractivity contribution is -0.123. The summed E-state index contributed by atoms with van der Waals surface area (Å²) in [6, 6.07) is 19.8. The monoisotopic (exact) mass is 634 g/mol. The summed E-state index contributed by atoms with van der Waals surface area (Å²) in [5.74, 6) is -0.243. The van der Waals surface area contributed by atoms with Crippen LogP contribution in [0, 0.1) is 3.57 Å². The molecule has 3 aromatic rings. The fraction of sp³-hybridized carbons (Fsp3) is 0.115. The number of ether oxygens (including phenoxy) is 2. The summed E-state index contributed by atoms with van der Waals surface area (Å²) in [7, 11) is 1.45. The molecule has 1 fully saturated rings. The highest BCUT2D eigenvalue weighted by molar-refractivity contribution is 14.1. The molecule has 184 valence electrons. The van der Waals surface area contributed by atoms with E-state index in [0.717, 1.165) is 20.9 Å². The average Bonchev–Trinajstić information content (AvgIpc) is 3.12. The van der Waals surface area contributed by atoms with Gasteiger partial charge < -0.3 is 14.8 Å². The molecule has 1 heterocycles. The van der Waals surface area contributed by atoms with Gasteiger partial charge in [0.25, 0.3) is 17.1 Å². The van der Waals surface area contributed by atoms with Gasteiger partial charge in [0, 0.05) is 9.26 Å². The van der Waals surface area contributed by atoms with Crippen molar-refractivity contribution in [1.82, 2.24) is 4.90 Å². The smallest absolute Gasteiger partial charge is 0.293 e. The molecule has 1 aliphatic rings. The van der Waals surface area contributed by atoms with E-state index in [9.17, 15) is 14.4 Å². The number of hydrogen-bond donors (Lipinski definition) is 1. The molecule has 1 saturated heterocycles. The molecule has 10 heteroatoms. The van der Waals surface area contributed by atoms with Crippen molar-refractivity contribution in [2.75, 3.05) is 19.0 Å². The lowest BCUT2D eigenvalue weighted by Gasteiger charge is -2.14. The second-order valence-corrected chi connectivity index (χ2v) is 10.3. The van der Waals surface area contributed by atoms with Crippen LogP contribution in [0.5, 0.6) is 11.5 Å². The van der Waals surface area contributed by atoms with Gasteiger partial charge in [0.2, 0.25) is 0 Å². The maximum Gasteiger partial charge on any atom is 0.293 e. The van der Waals surface area contributed by atoms with E-state index in [0.29, 0.717) is 17.0 Å². The van der Waals surface area contributed by atoms with E-state index >= 15 is 0 Å². The number of methoxy groups -OCH3 is 1. The molecule has 0 bridgehead atoms. The molecule has 4 rings (SSSR count). The lowest BCUT2D eigenvalue weighted by atomic mass is 10.1. The first-order chi connectivity index (χ1) is 17.3. The van der Waals surface area contributed by atoms with Crippen LogP contribution in [-0.2, 0) is 16.1 Å². The van der Waals surface area contributed by atoms with Crippen molar-refractivity contribution in [3.05, 3.63) is 91.4 Å². The zero-order chi connectivity index (χ0) is 25.7. The number of halogens is 2. The third kappa shape index (κ3) is 6.40. The zero-order valence-corrected chi connectivity index (χ0v) is 22.7. The lowest BCUT2D eigenvalue weighted by Crippen LogP contribution is -2.27.